The predicted octanol–water partition coefficient (Wildman–Crippen LogP) is 3.99. The van der Waals surface area contributed by atoms with Crippen LogP contribution >= 0.6 is 11.6 Å². The van der Waals surface area contributed by atoms with Gasteiger partial charge in [-0.05, 0) is 23.6 Å². The summed E-state index contributed by atoms with van der Waals surface area (Å²) in [4.78, 5) is 12.6. The van der Waals surface area contributed by atoms with Gasteiger partial charge in [0.25, 0.3) is 0 Å². The molecule has 0 saturated heterocycles. The Morgan fingerprint density at radius 3 is 2.53 bits per heavy atom. The highest BCUT2D eigenvalue weighted by Crippen LogP contribution is 2.47. The average Bonchev–Trinajstić information content (AvgIpc) is 2.74. The molecule has 0 saturated carbocycles. The molecule has 1 heterocycles. The number of benzene rings is 2. The van der Waals surface area contributed by atoms with E-state index in [1.165, 1.54) is 0 Å². The summed E-state index contributed by atoms with van der Waals surface area (Å²) >= 11 is 6.19. The predicted molar refractivity (Wildman–Crippen MR) is 77.6 cm³/mol. The van der Waals surface area contributed by atoms with Crippen LogP contribution in [-0.2, 0) is 10.2 Å². The van der Waals surface area contributed by atoms with Crippen LogP contribution in [0.1, 0.15) is 24.5 Å². The number of para-hydroxylation sites is 1. The summed E-state index contributed by atoms with van der Waals surface area (Å²) in [5.74, 6) is 0.00398. The Balaban J connectivity index is 2.29. The number of hydrogen-bond acceptors (Lipinski definition) is 1. The number of halogens is 1. The molecule has 0 bridgehead atoms. The van der Waals surface area contributed by atoms with E-state index in [1.807, 2.05) is 49.4 Å². The summed E-state index contributed by atoms with van der Waals surface area (Å²) in [5.41, 5.74) is 2.11. The van der Waals surface area contributed by atoms with E-state index in [1.54, 1.807) is 6.07 Å². The molecular weight excluding hydrogens is 258 g/mol. The fourth-order valence-electron chi connectivity index (χ4n) is 2.91. The summed E-state index contributed by atoms with van der Waals surface area (Å²) in [6.07, 6.45) is 0.705. The number of amides is 1. The topological polar surface area (TPSA) is 29.1 Å². The summed E-state index contributed by atoms with van der Waals surface area (Å²) in [6.45, 7) is 2.03. The molecule has 3 rings (SSSR count). The Morgan fingerprint density at radius 2 is 1.84 bits per heavy atom. The molecule has 0 radical (unpaired) electrons. The zero-order chi connectivity index (χ0) is 13.5. The molecule has 0 spiro atoms. The molecule has 1 atom stereocenters. The highest BCUT2D eigenvalue weighted by atomic mass is 35.5. The molecule has 0 aromatic heterocycles. The number of carbonyl (C=O) groups is 1. The molecule has 1 N–H and O–H groups in total. The lowest BCUT2D eigenvalue weighted by atomic mass is 9.73. The van der Waals surface area contributed by atoms with Gasteiger partial charge in [0.15, 0.2) is 0 Å². The van der Waals surface area contributed by atoms with Crippen LogP contribution in [0.2, 0.25) is 5.02 Å². The van der Waals surface area contributed by atoms with Crippen molar-refractivity contribution < 1.29 is 4.79 Å². The normalized spacial score (nSPS) is 21.1. The Labute approximate surface area is 117 Å². The number of hydrogen-bond donors (Lipinski definition) is 1. The molecule has 2 aromatic carbocycles. The van der Waals surface area contributed by atoms with Gasteiger partial charge in [0, 0.05) is 0 Å². The van der Waals surface area contributed by atoms with E-state index in [9.17, 15) is 4.79 Å². The van der Waals surface area contributed by atoms with Gasteiger partial charge in [-0.15, -0.1) is 0 Å². The maximum atomic E-state index is 12.6. The first kappa shape index (κ1) is 12.2. The minimum absolute atomic E-state index is 0.00398. The van der Waals surface area contributed by atoms with Crippen LogP contribution in [0.4, 0.5) is 5.69 Å². The van der Waals surface area contributed by atoms with Crippen LogP contribution in [-0.4, -0.2) is 5.91 Å². The molecule has 1 unspecified atom stereocenters. The SMILES string of the molecule is CCC1(c2ccccc2)C(=O)Nc2c(Cl)cccc21. The highest BCUT2D eigenvalue weighted by molar-refractivity contribution is 6.35. The lowest BCUT2D eigenvalue weighted by molar-refractivity contribution is -0.119. The smallest absolute Gasteiger partial charge is 0.239 e. The lowest BCUT2D eigenvalue weighted by Crippen LogP contribution is -2.34. The Morgan fingerprint density at radius 1 is 1.11 bits per heavy atom. The Bertz CT molecular complexity index is 638. The van der Waals surface area contributed by atoms with E-state index >= 15 is 0 Å². The second kappa shape index (κ2) is 4.39. The van der Waals surface area contributed by atoms with Crippen molar-refractivity contribution >= 4 is 23.2 Å². The van der Waals surface area contributed by atoms with Gasteiger partial charge in [-0.2, -0.15) is 0 Å². The molecule has 1 aliphatic rings. The monoisotopic (exact) mass is 271 g/mol. The summed E-state index contributed by atoms with van der Waals surface area (Å²) in [6, 6.07) is 15.6. The van der Waals surface area contributed by atoms with E-state index in [-0.39, 0.29) is 5.91 Å². The van der Waals surface area contributed by atoms with Gasteiger partial charge in [-0.25, -0.2) is 0 Å². The quantitative estimate of drug-likeness (QED) is 0.879. The van der Waals surface area contributed by atoms with Crippen LogP contribution in [0.15, 0.2) is 48.5 Å². The molecule has 1 amide bonds. The van der Waals surface area contributed by atoms with Crippen molar-refractivity contribution in [1.82, 2.24) is 0 Å². The van der Waals surface area contributed by atoms with Crippen molar-refractivity contribution in [1.29, 1.82) is 0 Å². The van der Waals surface area contributed by atoms with Crippen molar-refractivity contribution in [3.05, 3.63) is 64.7 Å². The van der Waals surface area contributed by atoms with Crippen molar-refractivity contribution in [2.45, 2.75) is 18.8 Å². The molecule has 19 heavy (non-hydrogen) atoms. The van der Waals surface area contributed by atoms with Crippen molar-refractivity contribution in [3.63, 3.8) is 0 Å². The van der Waals surface area contributed by atoms with Gasteiger partial charge in [-0.1, -0.05) is 61.0 Å². The van der Waals surface area contributed by atoms with Crippen LogP contribution in [0.5, 0.6) is 0 Å². The molecule has 0 aliphatic carbocycles. The molecule has 3 heteroatoms. The van der Waals surface area contributed by atoms with Gasteiger partial charge < -0.3 is 5.32 Å². The first-order chi connectivity index (χ1) is 9.20. The third-order valence-electron chi connectivity index (χ3n) is 3.90. The number of carbonyl (C=O) groups excluding carboxylic acids is 1. The van der Waals surface area contributed by atoms with E-state index in [2.05, 4.69) is 5.32 Å². The zero-order valence-corrected chi connectivity index (χ0v) is 11.4. The van der Waals surface area contributed by atoms with Gasteiger partial charge in [0.05, 0.1) is 10.7 Å². The molecule has 2 nitrogen and oxygen atoms in total. The van der Waals surface area contributed by atoms with Crippen molar-refractivity contribution in [2.75, 3.05) is 5.32 Å². The zero-order valence-electron chi connectivity index (χ0n) is 10.6. The van der Waals surface area contributed by atoms with Crippen LogP contribution in [0.25, 0.3) is 0 Å². The van der Waals surface area contributed by atoms with Gasteiger partial charge in [-0.3, -0.25) is 4.79 Å². The first-order valence-electron chi connectivity index (χ1n) is 6.36. The number of nitrogens with one attached hydrogen (secondary N) is 1. The van der Waals surface area contributed by atoms with Gasteiger partial charge in [0.1, 0.15) is 5.41 Å². The fourth-order valence-corrected chi connectivity index (χ4v) is 3.14. The van der Waals surface area contributed by atoms with E-state index in [0.29, 0.717) is 11.4 Å². The van der Waals surface area contributed by atoms with Gasteiger partial charge >= 0.3 is 0 Å². The highest BCUT2D eigenvalue weighted by Gasteiger charge is 2.47. The lowest BCUT2D eigenvalue weighted by Gasteiger charge is -2.26. The van der Waals surface area contributed by atoms with Crippen molar-refractivity contribution in [2.24, 2.45) is 0 Å². The number of rotatable bonds is 2. The molecular formula is C16H14ClNO. The first-order valence-corrected chi connectivity index (χ1v) is 6.74. The molecule has 1 aliphatic heterocycles. The maximum absolute atomic E-state index is 12.6. The second-order valence-electron chi connectivity index (χ2n) is 4.74. The third-order valence-corrected chi connectivity index (χ3v) is 4.21. The largest absolute Gasteiger partial charge is 0.323 e. The van der Waals surface area contributed by atoms with Crippen LogP contribution < -0.4 is 5.32 Å². The standard InChI is InChI=1S/C16H14ClNO/c1-2-16(11-7-4-3-5-8-11)12-9-6-10-13(17)14(12)18-15(16)19/h3-10H,2H2,1H3,(H,18,19). The molecule has 0 fully saturated rings. The van der Waals surface area contributed by atoms with E-state index in [4.69, 9.17) is 11.6 Å². The summed E-state index contributed by atoms with van der Waals surface area (Å²) < 4.78 is 0. The minimum Gasteiger partial charge on any atom is -0.323 e. The average molecular weight is 272 g/mol. The number of fused-ring (bicyclic) bond motifs is 1. The number of anilines is 1. The summed E-state index contributed by atoms with van der Waals surface area (Å²) in [5, 5.41) is 3.53. The fraction of sp³-hybridized carbons (Fsp3) is 0.188. The molecule has 96 valence electrons. The second-order valence-corrected chi connectivity index (χ2v) is 5.15. The van der Waals surface area contributed by atoms with E-state index < -0.39 is 5.41 Å². The third kappa shape index (κ3) is 1.60. The summed E-state index contributed by atoms with van der Waals surface area (Å²) in [7, 11) is 0. The minimum atomic E-state index is -0.624. The van der Waals surface area contributed by atoms with Crippen LogP contribution in [0.3, 0.4) is 0 Å². The Hall–Kier alpha value is -1.80. The van der Waals surface area contributed by atoms with E-state index in [0.717, 1.165) is 16.8 Å². The Kier molecular flexibility index (Phi) is 2.83. The van der Waals surface area contributed by atoms with Gasteiger partial charge in [0.2, 0.25) is 5.91 Å². The van der Waals surface area contributed by atoms with Crippen LogP contribution in [0, 0.1) is 0 Å². The molecule has 2 aromatic rings. The maximum Gasteiger partial charge on any atom is 0.239 e. The van der Waals surface area contributed by atoms with Crippen molar-refractivity contribution in [3.8, 4) is 0 Å².